The van der Waals surface area contributed by atoms with Gasteiger partial charge in [0.15, 0.2) is 0 Å². The lowest BCUT2D eigenvalue weighted by atomic mass is 9.94. The van der Waals surface area contributed by atoms with Gasteiger partial charge in [0.05, 0.1) is 0 Å². The van der Waals surface area contributed by atoms with E-state index >= 15 is 0 Å². The fourth-order valence-corrected chi connectivity index (χ4v) is 2.44. The molecule has 0 saturated heterocycles. The summed E-state index contributed by atoms with van der Waals surface area (Å²) in [5.74, 6) is 0.432. The van der Waals surface area contributed by atoms with Gasteiger partial charge in [0.25, 0.3) is 0 Å². The van der Waals surface area contributed by atoms with E-state index < -0.39 is 7.60 Å². The monoisotopic (exact) mass is 234 g/mol. The van der Waals surface area contributed by atoms with Crippen LogP contribution in [-0.2, 0) is 4.57 Å². The van der Waals surface area contributed by atoms with Crippen LogP contribution in [0.25, 0.3) is 0 Å². The van der Waals surface area contributed by atoms with E-state index in [1.807, 2.05) is 0 Å². The zero-order valence-electron chi connectivity index (χ0n) is 9.91. The van der Waals surface area contributed by atoms with Crippen LogP contribution in [0, 0.1) is 5.92 Å². The molecular weight excluding hydrogens is 211 g/mol. The predicted octanol–water partition coefficient (Wildman–Crippen LogP) is 2.29. The average Bonchev–Trinajstić information content (AvgIpc) is 2.15. The van der Waals surface area contributed by atoms with Gasteiger partial charge in [-0.1, -0.05) is 60.0 Å². The minimum absolute atomic E-state index is 0.162. The zero-order valence-corrected chi connectivity index (χ0v) is 10.8. The maximum Gasteiger partial charge on any atom is -0.0248 e. The molecule has 0 N–H and O–H groups in total. The van der Waals surface area contributed by atoms with Gasteiger partial charge in [-0.15, -0.1) is 0 Å². The second-order valence-corrected chi connectivity index (χ2v) is 5.94. The minimum atomic E-state index is -4.28. The van der Waals surface area contributed by atoms with E-state index in [9.17, 15) is 14.4 Å². The maximum absolute atomic E-state index is 10.6. The molecule has 0 saturated carbocycles. The third-order valence-corrected chi connectivity index (χ3v) is 3.55. The quantitative estimate of drug-likeness (QED) is 0.575. The molecule has 0 unspecified atom stereocenters. The minimum Gasteiger partial charge on any atom is -0.811 e. The lowest BCUT2D eigenvalue weighted by molar-refractivity contribution is -0.313. The van der Waals surface area contributed by atoms with Crippen molar-refractivity contribution in [2.45, 2.75) is 58.8 Å². The number of hydrogen-bond acceptors (Lipinski definition) is 3. The Balaban J connectivity index is 3.83. The fourth-order valence-electron chi connectivity index (χ4n) is 1.76. The van der Waals surface area contributed by atoms with Gasteiger partial charge in [-0.05, 0) is 18.5 Å². The van der Waals surface area contributed by atoms with Crippen molar-refractivity contribution in [1.29, 1.82) is 0 Å². The van der Waals surface area contributed by atoms with Crippen molar-refractivity contribution < 1.29 is 14.4 Å². The summed E-state index contributed by atoms with van der Waals surface area (Å²) >= 11 is 0. The van der Waals surface area contributed by atoms with E-state index in [0.717, 1.165) is 38.5 Å². The van der Waals surface area contributed by atoms with E-state index in [0.29, 0.717) is 12.3 Å². The number of rotatable bonds is 9. The first-order valence-electron chi connectivity index (χ1n) is 6.00. The Bertz CT molecular complexity index is 180. The standard InChI is InChI=1S/C11H25O3P/c1-3-5-7-11(8-6-4-2)9-10-15(12,13)14/h11H,3-10H2,1-2H3,(H2,12,13,14)/p-2. The van der Waals surface area contributed by atoms with Gasteiger partial charge in [0.1, 0.15) is 0 Å². The summed E-state index contributed by atoms with van der Waals surface area (Å²) in [4.78, 5) is 21.1. The van der Waals surface area contributed by atoms with Crippen molar-refractivity contribution in [3.8, 4) is 0 Å². The number of unbranched alkanes of at least 4 members (excludes halogenated alkanes) is 2. The van der Waals surface area contributed by atoms with Gasteiger partial charge in [-0.3, -0.25) is 0 Å². The third kappa shape index (κ3) is 10.4. The second-order valence-electron chi connectivity index (χ2n) is 4.27. The lowest BCUT2D eigenvalue weighted by Gasteiger charge is -2.31. The van der Waals surface area contributed by atoms with E-state index in [1.165, 1.54) is 0 Å². The van der Waals surface area contributed by atoms with Crippen LogP contribution in [0.15, 0.2) is 0 Å². The van der Waals surface area contributed by atoms with Crippen LogP contribution in [0.4, 0.5) is 0 Å². The van der Waals surface area contributed by atoms with Crippen LogP contribution in [0.3, 0.4) is 0 Å². The maximum atomic E-state index is 10.6. The molecule has 0 spiro atoms. The lowest BCUT2D eigenvalue weighted by Crippen LogP contribution is -2.18. The van der Waals surface area contributed by atoms with Gasteiger partial charge in [0.2, 0.25) is 0 Å². The summed E-state index contributed by atoms with van der Waals surface area (Å²) in [7, 11) is -4.28. The van der Waals surface area contributed by atoms with Gasteiger partial charge in [0, 0.05) is 0 Å². The largest absolute Gasteiger partial charge is 0.811 e. The molecule has 92 valence electrons. The molecule has 0 amide bonds. The zero-order chi connectivity index (χ0) is 11.7. The first-order chi connectivity index (χ1) is 6.99. The topological polar surface area (TPSA) is 63.2 Å². The Labute approximate surface area is 93.4 Å². The van der Waals surface area contributed by atoms with Crippen molar-refractivity contribution in [1.82, 2.24) is 0 Å². The van der Waals surface area contributed by atoms with Crippen molar-refractivity contribution in [2.75, 3.05) is 6.16 Å². The first kappa shape index (κ1) is 15.2. The highest BCUT2D eigenvalue weighted by molar-refractivity contribution is 7.48. The molecular formula is C11H23O3P-2. The van der Waals surface area contributed by atoms with E-state index in [4.69, 9.17) is 0 Å². The van der Waals surface area contributed by atoms with Crippen LogP contribution in [0.2, 0.25) is 0 Å². The molecule has 0 heterocycles. The summed E-state index contributed by atoms with van der Waals surface area (Å²) in [6, 6.07) is 0. The first-order valence-corrected chi connectivity index (χ1v) is 7.73. The molecule has 0 fully saturated rings. The van der Waals surface area contributed by atoms with E-state index in [1.54, 1.807) is 0 Å². The Morgan fingerprint density at radius 1 is 1.00 bits per heavy atom. The van der Waals surface area contributed by atoms with Gasteiger partial charge < -0.3 is 14.4 Å². The van der Waals surface area contributed by atoms with Crippen molar-refractivity contribution in [3.63, 3.8) is 0 Å². The summed E-state index contributed by atoms with van der Waals surface area (Å²) in [6.45, 7) is 4.26. The highest BCUT2D eigenvalue weighted by Gasteiger charge is 2.08. The SMILES string of the molecule is CCCCC(CCCC)CCP(=O)([O-])[O-]. The summed E-state index contributed by atoms with van der Waals surface area (Å²) in [6.07, 6.45) is 7.07. The summed E-state index contributed by atoms with van der Waals surface area (Å²) in [5.41, 5.74) is 0. The molecule has 3 nitrogen and oxygen atoms in total. The van der Waals surface area contributed by atoms with Crippen LogP contribution in [0.5, 0.6) is 0 Å². The van der Waals surface area contributed by atoms with Crippen molar-refractivity contribution in [3.05, 3.63) is 0 Å². The van der Waals surface area contributed by atoms with Crippen molar-refractivity contribution >= 4 is 7.60 Å². The Morgan fingerprint density at radius 2 is 1.47 bits per heavy atom. The molecule has 0 aromatic carbocycles. The molecule has 0 aromatic heterocycles. The molecule has 0 radical (unpaired) electrons. The van der Waals surface area contributed by atoms with E-state index in [2.05, 4.69) is 13.8 Å². The molecule has 15 heavy (non-hydrogen) atoms. The summed E-state index contributed by atoms with van der Waals surface area (Å²) in [5, 5.41) is 0. The highest BCUT2D eigenvalue weighted by atomic mass is 31.2. The second kappa shape index (κ2) is 8.32. The number of hydrogen-bond donors (Lipinski definition) is 0. The Kier molecular flexibility index (Phi) is 8.40. The molecule has 0 atom stereocenters. The van der Waals surface area contributed by atoms with Crippen molar-refractivity contribution in [2.24, 2.45) is 5.92 Å². The Morgan fingerprint density at radius 3 is 1.80 bits per heavy atom. The van der Waals surface area contributed by atoms with Gasteiger partial charge in [-0.2, -0.15) is 0 Å². The normalized spacial score (nSPS) is 12.3. The van der Waals surface area contributed by atoms with Gasteiger partial charge in [-0.25, -0.2) is 0 Å². The molecule has 0 bridgehead atoms. The van der Waals surface area contributed by atoms with E-state index in [-0.39, 0.29) is 6.16 Å². The predicted molar refractivity (Wildman–Crippen MR) is 59.6 cm³/mol. The molecule has 4 heteroatoms. The third-order valence-electron chi connectivity index (χ3n) is 2.74. The molecule has 0 aromatic rings. The summed E-state index contributed by atoms with van der Waals surface area (Å²) < 4.78 is 10.6. The fraction of sp³-hybridized carbons (Fsp3) is 1.00. The van der Waals surface area contributed by atoms with Crippen LogP contribution in [0.1, 0.15) is 58.8 Å². The molecule has 0 aliphatic heterocycles. The van der Waals surface area contributed by atoms with Crippen LogP contribution >= 0.6 is 7.60 Å². The molecule has 0 rings (SSSR count). The highest BCUT2D eigenvalue weighted by Crippen LogP contribution is 2.29. The smallest absolute Gasteiger partial charge is 0.0248 e. The van der Waals surface area contributed by atoms with Crippen LogP contribution < -0.4 is 9.79 Å². The molecule has 0 aliphatic rings. The Hall–Kier alpha value is 0.150. The average molecular weight is 234 g/mol. The molecule has 0 aliphatic carbocycles. The van der Waals surface area contributed by atoms with Crippen LogP contribution in [-0.4, -0.2) is 6.16 Å². The van der Waals surface area contributed by atoms with Gasteiger partial charge >= 0.3 is 0 Å².